The summed E-state index contributed by atoms with van der Waals surface area (Å²) >= 11 is 1.51. The van der Waals surface area contributed by atoms with Gasteiger partial charge in [0.1, 0.15) is 17.4 Å². The smallest absolute Gasteiger partial charge is 0.344 e. The molecule has 0 spiro atoms. The molecule has 132 valence electrons. The Morgan fingerprint density at radius 1 is 1.19 bits per heavy atom. The molecule has 0 atom stereocenters. The second-order valence-electron chi connectivity index (χ2n) is 5.89. The number of aromatic nitrogens is 1. The lowest BCUT2D eigenvalue weighted by atomic mass is 10.0. The number of hydrogen-bond acceptors (Lipinski definition) is 6. The maximum absolute atomic E-state index is 11.9. The molecule has 1 aromatic heterocycles. The number of carbonyl (C=O) groups excluding carboxylic acids is 2. The quantitative estimate of drug-likeness (QED) is 0.699. The van der Waals surface area contributed by atoms with Crippen LogP contribution in [0.3, 0.4) is 0 Å². The van der Waals surface area contributed by atoms with Crippen LogP contribution in [-0.4, -0.2) is 23.5 Å². The van der Waals surface area contributed by atoms with Crippen molar-refractivity contribution in [2.24, 2.45) is 0 Å². The van der Waals surface area contributed by atoms with Gasteiger partial charge in [-0.25, -0.2) is 9.78 Å². The van der Waals surface area contributed by atoms with Gasteiger partial charge in [-0.3, -0.25) is 4.79 Å². The second-order valence-corrected chi connectivity index (χ2v) is 7.01. The standard InChI is InChI=1S/C19H16N2O4S/c22-17-8-5-12-9-13(6-7-14(12)20-17)24-11-19(23)25-10-18-21-15-3-1-2-4-16(15)26-18/h1-4,6-7,9H,5,8,10-11H2,(H,20,22). The van der Waals surface area contributed by atoms with E-state index in [1.54, 1.807) is 12.1 Å². The molecule has 0 saturated heterocycles. The number of hydrogen-bond donors (Lipinski definition) is 1. The molecule has 1 N–H and O–H groups in total. The van der Waals surface area contributed by atoms with E-state index in [0.717, 1.165) is 26.5 Å². The number of nitrogens with one attached hydrogen (secondary N) is 1. The molecule has 2 aromatic carbocycles. The van der Waals surface area contributed by atoms with Gasteiger partial charge in [0, 0.05) is 12.1 Å². The number of amides is 1. The summed E-state index contributed by atoms with van der Waals surface area (Å²) in [4.78, 5) is 27.7. The van der Waals surface area contributed by atoms with E-state index in [4.69, 9.17) is 9.47 Å². The lowest BCUT2D eigenvalue weighted by molar-refractivity contribution is -0.147. The van der Waals surface area contributed by atoms with Crippen LogP contribution in [-0.2, 0) is 27.4 Å². The van der Waals surface area contributed by atoms with E-state index in [9.17, 15) is 9.59 Å². The minimum Gasteiger partial charge on any atom is -0.482 e. The summed E-state index contributed by atoms with van der Waals surface area (Å²) in [5, 5.41) is 3.56. The number of nitrogens with zero attached hydrogens (tertiary/aromatic N) is 1. The molecule has 0 fully saturated rings. The van der Waals surface area contributed by atoms with Gasteiger partial charge in [0.25, 0.3) is 0 Å². The maximum atomic E-state index is 11.9. The average Bonchev–Trinajstić information content (AvgIpc) is 3.07. The number of thiazole rings is 1. The van der Waals surface area contributed by atoms with E-state index in [1.807, 2.05) is 30.3 Å². The zero-order valence-electron chi connectivity index (χ0n) is 13.9. The largest absolute Gasteiger partial charge is 0.482 e. The van der Waals surface area contributed by atoms with Crippen molar-refractivity contribution in [1.82, 2.24) is 4.98 Å². The van der Waals surface area contributed by atoms with E-state index in [1.165, 1.54) is 11.3 Å². The second kappa shape index (κ2) is 7.13. The number of para-hydroxylation sites is 1. The van der Waals surface area contributed by atoms with Crippen LogP contribution >= 0.6 is 11.3 Å². The van der Waals surface area contributed by atoms with Crippen molar-refractivity contribution in [2.45, 2.75) is 19.4 Å². The molecule has 4 rings (SSSR count). The molecule has 0 unspecified atom stereocenters. The first-order valence-electron chi connectivity index (χ1n) is 8.23. The predicted molar refractivity (Wildman–Crippen MR) is 98.3 cm³/mol. The predicted octanol–water partition coefficient (Wildman–Crippen LogP) is 3.30. The average molecular weight is 368 g/mol. The van der Waals surface area contributed by atoms with Crippen LogP contribution in [0, 0.1) is 0 Å². The molecule has 1 amide bonds. The molecule has 0 aliphatic carbocycles. The van der Waals surface area contributed by atoms with Crippen LogP contribution in [0.5, 0.6) is 5.75 Å². The van der Waals surface area contributed by atoms with Gasteiger partial charge in [-0.15, -0.1) is 11.3 Å². The normalized spacial score (nSPS) is 13.2. The summed E-state index contributed by atoms with van der Waals surface area (Å²) in [5.74, 6) is 0.150. The van der Waals surface area contributed by atoms with Crippen LogP contribution in [0.25, 0.3) is 10.2 Å². The van der Waals surface area contributed by atoms with Gasteiger partial charge in [0.15, 0.2) is 6.61 Å². The molecular weight excluding hydrogens is 352 g/mol. The summed E-state index contributed by atoms with van der Waals surface area (Å²) in [6, 6.07) is 13.2. The van der Waals surface area contributed by atoms with Crippen molar-refractivity contribution in [3.8, 4) is 5.75 Å². The SMILES string of the molecule is O=C1CCc2cc(OCC(=O)OCc3nc4ccccc4s3)ccc2N1. The lowest BCUT2D eigenvalue weighted by Gasteiger charge is -2.17. The van der Waals surface area contributed by atoms with E-state index in [-0.39, 0.29) is 19.1 Å². The highest BCUT2D eigenvalue weighted by Gasteiger charge is 2.15. The van der Waals surface area contributed by atoms with Gasteiger partial charge >= 0.3 is 5.97 Å². The first kappa shape index (κ1) is 16.5. The van der Waals surface area contributed by atoms with E-state index in [0.29, 0.717) is 18.6 Å². The monoisotopic (exact) mass is 368 g/mol. The zero-order valence-corrected chi connectivity index (χ0v) is 14.7. The van der Waals surface area contributed by atoms with Crippen molar-refractivity contribution < 1.29 is 19.1 Å². The zero-order chi connectivity index (χ0) is 17.9. The minimum atomic E-state index is -0.449. The molecule has 2 heterocycles. The molecule has 0 saturated carbocycles. The Labute approximate surface area is 153 Å². The number of benzene rings is 2. The number of aryl methyl sites for hydroxylation is 1. The van der Waals surface area contributed by atoms with Crippen LogP contribution in [0.4, 0.5) is 5.69 Å². The number of rotatable bonds is 5. The molecular formula is C19H16N2O4S. The third-order valence-corrected chi connectivity index (χ3v) is 5.03. The molecule has 0 bridgehead atoms. The fourth-order valence-corrected chi connectivity index (χ4v) is 3.64. The number of fused-ring (bicyclic) bond motifs is 2. The first-order chi connectivity index (χ1) is 12.7. The number of esters is 1. The fourth-order valence-electron chi connectivity index (χ4n) is 2.76. The van der Waals surface area contributed by atoms with Gasteiger partial charge in [0.2, 0.25) is 5.91 Å². The molecule has 1 aliphatic heterocycles. The fraction of sp³-hybridized carbons (Fsp3) is 0.211. The summed E-state index contributed by atoms with van der Waals surface area (Å²) in [6.45, 7) is -0.0339. The Balaban J connectivity index is 1.30. The summed E-state index contributed by atoms with van der Waals surface area (Å²) in [5.41, 5.74) is 2.71. The first-order valence-corrected chi connectivity index (χ1v) is 9.05. The van der Waals surface area contributed by atoms with Gasteiger partial charge < -0.3 is 14.8 Å². The molecule has 7 heteroatoms. The maximum Gasteiger partial charge on any atom is 0.344 e. The van der Waals surface area contributed by atoms with Crippen molar-refractivity contribution in [3.05, 3.63) is 53.0 Å². The summed E-state index contributed by atoms with van der Waals surface area (Å²) < 4.78 is 11.8. The van der Waals surface area contributed by atoms with Gasteiger partial charge in [0.05, 0.1) is 10.2 Å². The van der Waals surface area contributed by atoms with E-state index < -0.39 is 5.97 Å². The highest BCUT2D eigenvalue weighted by atomic mass is 32.1. The van der Waals surface area contributed by atoms with Gasteiger partial charge in [-0.2, -0.15) is 0 Å². The van der Waals surface area contributed by atoms with Gasteiger partial charge in [-0.1, -0.05) is 12.1 Å². The molecule has 1 aliphatic rings. The summed E-state index contributed by atoms with van der Waals surface area (Å²) in [7, 11) is 0. The third-order valence-electron chi connectivity index (χ3n) is 4.02. The van der Waals surface area contributed by atoms with Crippen molar-refractivity contribution in [1.29, 1.82) is 0 Å². The molecule has 26 heavy (non-hydrogen) atoms. The lowest BCUT2D eigenvalue weighted by Crippen LogP contribution is -2.19. The van der Waals surface area contributed by atoms with E-state index in [2.05, 4.69) is 10.3 Å². The van der Waals surface area contributed by atoms with Crippen LogP contribution in [0.15, 0.2) is 42.5 Å². The molecule has 0 radical (unpaired) electrons. The molecule has 3 aromatic rings. The number of carbonyl (C=O) groups is 2. The summed E-state index contributed by atoms with van der Waals surface area (Å²) in [6.07, 6.45) is 1.13. The Morgan fingerprint density at radius 2 is 2.08 bits per heavy atom. The Hall–Kier alpha value is -2.93. The highest BCUT2D eigenvalue weighted by molar-refractivity contribution is 7.18. The Kier molecular flexibility index (Phi) is 4.53. The van der Waals surface area contributed by atoms with Crippen LogP contribution in [0.1, 0.15) is 17.0 Å². The minimum absolute atomic E-state index is 0.0181. The van der Waals surface area contributed by atoms with Crippen molar-refractivity contribution in [2.75, 3.05) is 11.9 Å². The third kappa shape index (κ3) is 3.67. The topological polar surface area (TPSA) is 77.5 Å². The number of anilines is 1. The van der Waals surface area contributed by atoms with Crippen molar-refractivity contribution in [3.63, 3.8) is 0 Å². The Morgan fingerprint density at radius 3 is 2.96 bits per heavy atom. The molecule has 6 nitrogen and oxygen atoms in total. The highest BCUT2D eigenvalue weighted by Crippen LogP contribution is 2.27. The van der Waals surface area contributed by atoms with Crippen molar-refractivity contribution >= 4 is 39.1 Å². The Bertz CT molecular complexity index is 950. The van der Waals surface area contributed by atoms with Gasteiger partial charge in [-0.05, 0) is 42.3 Å². The van der Waals surface area contributed by atoms with E-state index >= 15 is 0 Å². The van der Waals surface area contributed by atoms with Crippen LogP contribution in [0.2, 0.25) is 0 Å². The van der Waals surface area contributed by atoms with Crippen LogP contribution < -0.4 is 10.1 Å². The number of ether oxygens (including phenoxy) is 2.